The predicted octanol–water partition coefficient (Wildman–Crippen LogP) is -0.580. The van der Waals surface area contributed by atoms with Crippen molar-refractivity contribution in [2.24, 2.45) is 23.6 Å². The minimum absolute atomic E-state index is 0.852. The minimum Gasteiger partial charge on any atom is -0.269 e. The first-order valence-electron chi connectivity index (χ1n) is 2.91. The summed E-state index contributed by atoms with van der Waals surface area (Å²) in [6, 6.07) is 0.852. The van der Waals surface area contributed by atoms with Gasteiger partial charge in [-0.3, -0.25) is 5.84 Å². The van der Waals surface area contributed by atoms with Crippen LogP contribution in [0.25, 0.3) is 0 Å². The Hall–Kier alpha value is -0.0800. The van der Waals surface area contributed by atoms with Gasteiger partial charge in [0, 0.05) is 12.6 Å². The molecule has 2 N–H and O–H groups in total. The molecule has 0 aromatic rings. The standard InChI is InChI=1S/C5H8N2/c6-7-1-2-3-4(2)5(3)7/h2-5H,1,6H2. The molecule has 38 valence electrons. The number of hydrogen-bond donors (Lipinski definition) is 1. The predicted molar refractivity (Wildman–Crippen MR) is 25.2 cm³/mol. The summed E-state index contributed by atoms with van der Waals surface area (Å²) in [4.78, 5) is 0. The van der Waals surface area contributed by atoms with E-state index < -0.39 is 0 Å². The fraction of sp³-hybridized carbons (Fsp3) is 1.00. The van der Waals surface area contributed by atoms with Crippen LogP contribution in [0.15, 0.2) is 0 Å². The van der Waals surface area contributed by atoms with Crippen molar-refractivity contribution < 1.29 is 0 Å². The minimum atomic E-state index is 0.852. The summed E-state index contributed by atoms with van der Waals surface area (Å²) >= 11 is 0. The number of hydrazine groups is 1. The first-order chi connectivity index (χ1) is 3.39. The number of rotatable bonds is 0. The third-order valence-corrected chi connectivity index (χ3v) is 2.74. The summed E-state index contributed by atoms with van der Waals surface area (Å²) < 4.78 is 0. The van der Waals surface area contributed by atoms with E-state index in [4.69, 9.17) is 5.84 Å². The molecule has 2 aliphatic heterocycles. The van der Waals surface area contributed by atoms with Crippen LogP contribution in [0.2, 0.25) is 0 Å². The maximum Gasteiger partial charge on any atom is 0.0310 e. The van der Waals surface area contributed by atoms with E-state index >= 15 is 0 Å². The highest BCUT2D eigenvalue weighted by Crippen LogP contribution is 2.74. The highest BCUT2D eigenvalue weighted by atomic mass is 15.5. The maximum atomic E-state index is 5.57. The Kier molecular flexibility index (Phi) is 0.246. The van der Waals surface area contributed by atoms with Gasteiger partial charge in [-0.25, -0.2) is 5.01 Å². The monoisotopic (exact) mass is 96.1 g/mol. The summed E-state index contributed by atoms with van der Waals surface area (Å²) in [6.07, 6.45) is 0. The van der Waals surface area contributed by atoms with Gasteiger partial charge in [0.2, 0.25) is 0 Å². The number of nitrogens with two attached hydrogens (primary N) is 1. The summed E-state index contributed by atoms with van der Waals surface area (Å²) in [5.41, 5.74) is 0. The first-order valence-corrected chi connectivity index (χ1v) is 2.91. The van der Waals surface area contributed by atoms with Gasteiger partial charge in [-0.2, -0.15) is 0 Å². The molecule has 4 aliphatic rings. The fourth-order valence-corrected chi connectivity index (χ4v) is 2.18. The van der Waals surface area contributed by atoms with E-state index in [1.54, 1.807) is 0 Å². The van der Waals surface area contributed by atoms with Gasteiger partial charge in [-0.1, -0.05) is 0 Å². The average Bonchev–Trinajstić information content (AvgIpc) is 2.41. The fourth-order valence-electron chi connectivity index (χ4n) is 2.18. The Balaban J connectivity index is 2.06. The van der Waals surface area contributed by atoms with E-state index in [1.807, 2.05) is 5.01 Å². The molecule has 2 heteroatoms. The van der Waals surface area contributed by atoms with Crippen molar-refractivity contribution in [3.63, 3.8) is 0 Å². The summed E-state index contributed by atoms with van der Waals surface area (Å²) in [5.74, 6) is 8.77. The van der Waals surface area contributed by atoms with Crippen LogP contribution in [0.4, 0.5) is 0 Å². The number of fused-ring (bicyclic) bond motifs is 1. The molecule has 2 aliphatic carbocycles. The second kappa shape index (κ2) is 0.565. The van der Waals surface area contributed by atoms with Gasteiger partial charge in [0.05, 0.1) is 0 Å². The van der Waals surface area contributed by atoms with Crippen LogP contribution in [-0.2, 0) is 0 Å². The third kappa shape index (κ3) is 0.159. The number of hydrogen-bond acceptors (Lipinski definition) is 2. The molecule has 2 atom stereocenters. The molecule has 2 saturated carbocycles. The molecule has 2 unspecified atom stereocenters. The smallest absolute Gasteiger partial charge is 0.0310 e. The number of nitrogens with zero attached hydrogens (tertiary/aromatic N) is 1. The van der Waals surface area contributed by atoms with Gasteiger partial charge >= 0.3 is 0 Å². The molecule has 4 fully saturated rings. The van der Waals surface area contributed by atoms with E-state index in [0.717, 1.165) is 23.8 Å². The molecule has 2 bridgehead atoms. The van der Waals surface area contributed by atoms with Crippen molar-refractivity contribution >= 4 is 0 Å². The molecular formula is C5H8N2. The molecule has 4 rings (SSSR count). The molecule has 0 aromatic heterocycles. The van der Waals surface area contributed by atoms with Gasteiger partial charge in [-0.15, -0.1) is 0 Å². The van der Waals surface area contributed by atoms with Gasteiger partial charge in [-0.05, 0) is 17.8 Å². The van der Waals surface area contributed by atoms with Crippen molar-refractivity contribution in [1.29, 1.82) is 0 Å². The molecular weight excluding hydrogens is 88.1 g/mol. The average molecular weight is 96.1 g/mol. The second-order valence-electron chi connectivity index (χ2n) is 3.01. The third-order valence-electron chi connectivity index (χ3n) is 2.74. The molecule has 0 aromatic carbocycles. The topological polar surface area (TPSA) is 29.3 Å². The maximum absolute atomic E-state index is 5.57. The summed E-state index contributed by atoms with van der Waals surface area (Å²) in [7, 11) is 0. The van der Waals surface area contributed by atoms with Gasteiger partial charge in [0.1, 0.15) is 0 Å². The Morgan fingerprint density at radius 1 is 1.43 bits per heavy atom. The van der Waals surface area contributed by atoms with Gasteiger partial charge < -0.3 is 0 Å². The highest BCUT2D eigenvalue weighted by molar-refractivity contribution is 5.29. The Labute approximate surface area is 42.3 Å². The van der Waals surface area contributed by atoms with Crippen molar-refractivity contribution in [2.45, 2.75) is 6.04 Å². The van der Waals surface area contributed by atoms with Crippen LogP contribution >= 0.6 is 0 Å². The quantitative estimate of drug-likeness (QED) is 0.409. The zero-order valence-corrected chi connectivity index (χ0v) is 4.04. The van der Waals surface area contributed by atoms with Crippen LogP contribution in [0, 0.1) is 17.8 Å². The van der Waals surface area contributed by atoms with E-state index in [1.165, 1.54) is 6.54 Å². The van der Waals surface area contributed by atoms with Crippen LogP contribution in [0.5, 0.6) is 0 Å². The molecule has 0 amide bonds. The van der Waals surface area contributed by atoms with E-state index in [9.17, 15) is 0 Å². The SMILES string of the molecule is NN1CC2C3C2C31. The lowest BCUT2D eigenvalue weighted by Crippen LogP contribution is -2.28. The van der Waals surface area contributed by atoms with E-state index in [-0.39, 0.29) is 0 Å². The van der Waals surface area contributed by atoms with Crippen molar-refractivity contribution in [3.05, 3.63) is 0 Å². The molecule has 2 nitrogen and oxygen atoms in total. The Bertz CT molecular complexity index is 117. The lowest BCUT2D eigenvalue weighted by atomic mass is 10.2. The molecule has 0 spiro atoms. The first kappa shape index (κ1) is 3.05. The zero-order valence-electron chi connectivity index (χ0n) is 4.04. The molecule has 2 heterocycles. The normalized spacial score (nSPS) is 73.3. The summed E-state index contributed by atoms with van der Waals surface area (Å²) in [6.45, 7) is 1.19. The molecule has 2 saturated heterocycles. The van der Waals surface area contributed by atoms with Crippen molar-refractivity contribution in [2.75, 3.05) is 6.54 Å². The van der Waals surface area contributed by atoms with Crippen molar-refractivity contribution in [3.8, 4) is 0 Å². The summed E-state index contributed by atoms with van der Waals surface area (Å²) in [5, 5.41) is 2.01. The molecule has 7 heavy (non-hydrogen) atoms. The largest absolute Gasteiger partial charge is 0.269 e. The Morgan fingerprint density at radius 3 is 2.29 bits per heavy atom. The van der Waals surface area contributed by atoms with Crippen LogP contribution in [0.3, 0.4) is 0 Å². The Morgan fingerprint density at radius 2 is 2.14 bits per heavy atom. The van der Waals surface area contributed by atoms with E-state index in [0.29, 0.717) is 0 Å². The van der Waals surface area contributed by atoms with Crippen LogP contribution < -0.4 is 5.84 Å². The zero-order chi connectivity index (χ0) is 4.59. The highest BCUT2D eigenvalue weighted by Gasteiger charge is 2.80. The van der Waals surface area contributed by atoms with E-state index in [2.05, 4.69) is 0 Å². The second-order valence-corrected chi connectivity index (χ2v) is 3.01. The van der Waals surface area contributed by atoms with Crippen molar-refractivity contribution in [1.82, 2.24) is 5.01 Å². The van der Waals surface area contributed by atoms with Gasteiger partial charge in [0.25, 0.3) is 0 Å². The lowest BCUT2D eigenvalue weighted by Gasteiger charge is -2.02. The lowest BCUT2D eigenvalue weighted by molar-refractivity contribution is 0.335. The van der Waals surface area contributed by atoms with Crippen LogP contribution in [-0.4, -0.2) is 17.6 Å². The number of piperidine rings is 1. The molecule has 0 radical (unpaired) electrons. The van der Waals surface area contributed by atoms with Crippen LogP contribution in [0.1, 0.15) is 0 Å². The van der Waals surface area contributed by atoms with Gasteiger partial charge in [0.15, 0.2) is 0 Å².